The minimum Gasteiger partial charge on any atom is -0.370 e. The van der Waals surface area contributed by atoms with Crippen LogP contribution in [0.3, 0.4) is 0 Å². The van der Waals surface area contributed by atoms with E-state index in [0.29, 0.717) is 5.92 Å². The van der Waals surface area contributed by atoms with Crippen molar-refractivity contribution in [3.8, 4) is 0 Å². The van der Waals surface area contributed by atoms with E-state index in [0.717, 1.165) is 12.1 Å². The molecule has 4 heteroatoms. The van der Waals surface area contributed by atoms with Gasteiger partial charge in [0.1, 0.15) is 6.61 Å². The first-order valence-electron chi connectivity index (χ1n) is 5.51. The Morgan fingerprint density at radius 2 is 1.88 bits per heavy atom. The summed E-state index contributed by atoms with van der Waals surface area (Å²) in [5.74, 6) is -2.03. The maximum absolute atomic E-state index is 12.9. The number of rotatable bonds is 5. The third kappa shape index (κ3) is 3.89. The van der Waals surface area contributed by atoms with E-state index in [1.165, 1.54) is 6.07 Å². The van der Waals surface area contributed by atoms with Crippen LogP contribution in [-0.2, 0) is 4.74 Å². The van der Waals surface area contributed by atoms with Gasteiger partial charge in [-0.3, -0.25) is 4.79 Å². The molecule has 0 aliphatic heterocycles. The normalized spacial score (nSPS) is 12.8. The van der Waals surface area contributed by atoms with Gasteiger partial charge < -0.3 is 4.74 Å². The van der Waals surface area contributed by atoms with Gasteiger partial charge in [0.15, 0.2) is 17.4 Å². The van der Waals surface area contributed by atoms with Gasteiger partial charge in [0.2, 0.25) is 0 Å². The first kappa shape index (κ1) is 13.8. The number of hydrogen-bond acceptors (Lipinski definition) is 2. The molecule has 0 bridgehead atoms. The van der Waals surface area contributed by atoms with Gasteiger partial charge in [-0.25, -0.2) is 8.78 Å². The molecule has 0 aromatic heterocycles. The number of halogens is 2. The van der Waals surface area contributed by atoms with E-state index in [9.17, 15) is 13.6 Å². The molecule has 94 valence electrons. The van der Waals surface area contributed by atoms with Crippen LogP contribution >= 0.6 is 0 Å². The van der Waals surface area contributed by atoms with Crippen LogP contribution in [0.5, 0.6) is 0 Å². The zero-order valence-electron chi connectivity index (χ0n) is 10.2. The van der Waals surface area contributed by atoms with E-state index in [1.54, 1.807) is 0 Å². The fourth-order valence-electron chi connectivity index (χ4n) is 1.15. The molecule has 1 aromatic rings. The van der Waals surface area contributed by atoms with Crippen LogP contribution in [0, 0.1) is 17.6 Å². The lowest BCUT2D eigenvalue weighted by Crippen LogP contribution is -2.20. The number of hydrogen-bond donors (Lipinski definition) is 0. The zero-order chi connectivity index (χ0) is 13.0. The number of Topliss-reactive ketones (excluding diaryl/α,β-unsaturated/α-hetero) is 1. The molecule has 0 aliphatic rings. The minimum absolute atomic E-state index is 0.0516. The second-order valence-electron chi connectivity index (χ2n) is 4.31. The molecule has 0 N–H and O–H groups in total. The summed E-state index contributed by atoms with van der Waals surface area (Å²) in [5, 5.41) is 0. The Bertz CT molecular complexity index is 402. The van der Waals surface area contributed by atoms with Gasteiger partial charge in [0.25, 0.3) is 0 Å². The molecule has 17 heavy (non-hydrogen) atoms. The Labute approximate surface area is 99.6 Å². The van der Waals surface area contributed by atoms with Crippen molar-refractivity contribution in [2.24, 2.45) is 5.92 Å². The van der Waals surface area contributed by atoms with Crippen LogP contribution in [0.25, 0.3) is 0 Å². The summed E-state index contributed by atoms with van der Waals surface area (Å²) >= 11 is 0. The molecule has 0 aliphatic carbocycles. The summed E-state index contributed by atoms with van der Waals surface area (Å²) in [7, 11) is 0. The highest BCUT2D eigenvalue weighted by atomic mass is 19.2. The molecule has 2 nitrogen and oxygen atoms in total. The standard InChI is InChI=1S/C13H16F2O2/c1-8(2)9(3)17-7-13(16)10-4-5-11(14)12(15)6-10/h4-6,8-9H,7H2,1-3H3. The van der Waals surface area contributed by atoms with Gasteiger partial charge in [0.05, 0.1) is 6.10 Å². The second kappa shape index (κ2) is 5.87. The second-order valence-corrected chi connectivity index (χ2v) is 4.31. The Morgan fingerprint density at radius 1 is 1.24 bits per heavy atom. The Hall–Kier alpha value is -1.29. The summed E-state index contributed by atoms with van der Waals surface area (Å²) in [4.78, 5) is 11.6. The van der Waals surface area contributed by atoms with Crippen molar-refractivity contribution in [1.82, 2.24) is 0 Å². The summed E-state index contributed by atoms with van der Waals surface area (Å²) in [5.41, 5.74) is 0.125. The SMILES string of the molecule is CC(C)C(C)OCC(=O)c1ccc(F)c(F)c1. The van der Waals surface area contributed by atoms with Gasteiger partial charge >= 0.3 is 0 Å². The topological polar surface area (TPSA) is 26.3 Å². The zero-order valence-corrected chi connectivity index (χ0v) is 10.2. The molecule has 0 amide bonds. The molecule has 0 radical (unpaired) electrons. The van der Waals surface area contributed by atoms with Crippen LogP contribution in [0.1, 0.15) is 31.1 Å². The largest absolute Gasteiger partial charge is 0.370 e. The fourth-order valence-corrected chi connectivity index (χ4v) is 1.15. The van der Waals surface area contributed by atoms with Crippen molar-refractivity contribution in [3.05, 3.63) is 35.4 Å². The number of carbonyl (C=O) groups is 1. The van der Waals surface area contributed by atoms with Crippen LogP contribution in [0.4, 0.5) is 8.78 Å². The van der Waals surface area contributed by atoms with Crippen LogP contribution in [0.15, 0.2) is 18.2 Å². The van der Waals surface area contributed by atoms with Gasteiger partial charge in [-0.1, -0.05) is 13.8 Å². The average Bonchev–Trinajstić information content (AvgIpc) is 2.28. The lowest BCUT2D eigenvalue weighted by atomic mass is 10.1. The maximum atomic E-state index is 12.9. The van der Waals surface area contributed by atoms with E-state index in [4.69, 9.17) is 4.74 Å². The molecule has 0 fully saturated rings. The first-order valence-corrected chi connectivity index (χ1v) is 5.51. The molecule has 0 saturated heterocycles. The summed E-state index contributed by atoms with van der Waals surface area (Å²) in [6.45, 7) is 5.70. The Kier molecular flexibility index (Phi) is 4.75. The highest BCUT2D eigenvalue weighted by molar-refractivity contribution is 5.97. The van der Waals surface area contributed by atoms with Gasteiger partial charge in [-0.2, -0.15) is 0 Å². The van der Waals surface area contributed by atoms with Crippen LogP contribution < -0.4 is 0 Å². The van der Waals surface area contributed by atoms with Crippen molar-refractivity contribution in [2.75, 3.05) is 6.61 Å². The number of ether oxygens (including phenoxy) is 1. The molecule has 1 atom stereocenters. The monoisotopic (exact) mass is 242 g/mol. The van der Waals surface area contributed by atoms with Crippen molar-refractivity contribution in [1.29, 1.82) is 0 Å². The van der Waals surface area contributed by atoms with Gasteiger partial charge in [-0.05, 0) is 31.0 Å². The lowest BCUT2D eigenvalue weighted by Gasteiger charge is -2.15. The highest BCUT2D eigenvalue weighted by Gasteiger charge is 2.13. The highest BCUT2D eigenvalue weighted by Crippen LogP contribution is 2.11. The van der Waals surface area contributed by atoms with Gasteiger partial charge in [0, 0.05) is 5.56 Å². The maximum Gasteiger partial charge on any atom is 0.188 e. The van der Waals surface area contributed by atoms with Crippen molar-refractivity contribution >= 4 is 5.78 Å². The molecule has 0 saturated carbocycles. The molecule has 1 unspecified atom stereocenters. The number of carbonyl (C=O) groups excluding carboxylic acids is 1. The first-order chi connectivity index (χ1) is 7.91. The molecule has 0 spiro atoms. The summed E-state index contributed by atoms with van der Waals surface area (Å²) < 4.78 is 30.9. The Morgan fingerprint density at radius 3 is 2.41 bits per heavy atom. The van der Waals surface area contributed by atoms with E-state index >= 15 is 0 Å². The van der Waals surface area contributed by atoms with Crippen LogP contribution in [-0.4, -0.2) is 18.5 Å². The number of ketones is 1. The predicted molar refractivity (Wildman–Crippen MR) is 60.9 cm³/mol. The van der Waals surface area contributed by atoms with Crippen molar-refractivity contribution in [3.63, 3.8) is 0 Å². The molecular formula is C13H16F2O2. The quantitative estimate of drug-likeness (QED) is 0.741. The Balaban J connectivity index is 2.61. The van der Waals surface area contributed by atoms with Crippen molar-refractivity contribution in [2.45, 2.75) is 26.9 Å². The fraction of sp³-hybridized carbons (Fsp3) is 0.462. The van der Waals surface area contributed by atoms with Crippen molar-refractivity contribution < 1.29 is 18.3 Å². The molecule has 1 aromatic carbocycles. The number of benzene rings is 1. The minimum atomic E-state index is -1.02. The van der Waals surface area contributed by atoms with Crippen LogP contribution in [0.2, 0.25) is 0 Å². The molecule has 0 heterocycles. The van der Waals surface area contributed by atoms with E-state index in [2.05, 4.69) is 0 Å². The summed E-state index contributed by atoms with van der Waals surface area (Å²) in [6.07, 6.45) is -0.0516. The average molecular weight is 242 g/mol. The van der Waals surface area contributed by atoms with E-state index < -0.39 is 11.6 Å². The molecule has 1 rings (SSSR count). The lowest BCUT2D eigenvalue weighted by molar-refractivity contribution is 0.0336. The van der Waals surface area contributed by atoms with Gasteiger partial charge in [-0.15, -0.1) is 0 Å². The predicted octanol–water partition coefficient (Wildman–Crippen LogP) is 3.21. The summed E-state index contributed by atoms with van der Waals surface area (Å²) in [6, 6.07) is 3.08. The third-order valence-corrected chi connectivity index (χ3v) is 2.66. The van der Waals surface area contributed by atoms with E-state index in [-0.39, 0.29) is 24.1 Å². The smallest absolute Gasteiger partial charge is 0.188 e. The third-order valence-electron chi connectivity index (χ3n) is 2.66. The molecular weight excluding hydrogens is 226 g/mol. The van der Waals surface area contributed by atoms with E-state index in [1.807, 2.05) is 20.8 Å².